The molecule has 0 spiro atoms. The first-order valence-corrected chi connectivity index (χ1v) is 5.22. The first kappa shape index (κ1) is 15.2. The summed E-state index contributed by atoms with van der Waals surface area (Å²) in [4.78, 5) is 28.3. The fourth-order valence-electron chi connectivity index (χ4n) is 1.30. The van der Waals surface area contributed by atoms with Crippen molar-refractivity contribution in [1.29, 1.82) is 0 Å². The molecule has 0 fully saturated rings. The minimum atomic E-state index is -0.826. The standard InChI is InChI=1S/C11H20N4O2/c1-6-14-8(7(2)12)9(16)15(10(13)17)11(3,4)5/h6H,12H2,1-5H3,(H2,13,17)/b8-7-,14-6-. The van der Waals surface area contributed by atoms with Crippen LogP contribution in [0.15, 0.2) is 16.4 Å². The molecule has 3 amide bonds. The number of carbonyl (C=O) groups is 2. The Morgan fingerprint density at radius 2 is 1.71 bits per heavy atom. The molecule has 0 saturated heterocycles. The minimum absolute atomic E-state index is 0.0289. The monoisotopic (exact) mass is 240 g/mol. The molecular weight excluding hydrogens is 220 g/mol. The van der Waals surface area contributed by atoms with E-state index in [0.717, 1.165) is 4.90 Å². The molecule has 0 atom stereocenters. The van der Waals surface area contributed by atoms with Crippen LogP contribution in [0.1, 0.15) is 34.6 Å². The molecule has 0 aromatic heterocycles. The Balaban J connectivity index is 5.53. The van der Waals surface area contributed by atoms with E-state index in [1.165, 1.54) is 6.21 Å². The molecule has 6 heteroatoms. The highest BCUT2D eigenvalue weighted by Crippen LogP contribution is 2.17. The summed E-state index contributed by atoms with van der Waals surface area (Å²) < 4.78 is 0. The summed E-state index contributed by atoms with van der Waals surface area (Å²) in [5, 5.41) is 0. The lowest BCUT2D eigenvalue weighted by molar-refractivity contribution is -0.127. The van der Waals surface area contributed by atoms with Crippen LogP contribution < -0.4 is 11.5 Å². The number of hydrogen-bond acceptors (Lipinski definition) is 4. The van der Waals surface area contributed by atoms with E-state index in [0.29, 0.717) is 0 Å². The van der Waals surface area contributed by atoms with Crippen molar-refractivity contribution in [2.24, 2.45) is 16.5 Å². The molecule has 0 aromatic rings. The Morgan fingerprint density at radius 1 is 1.24 bits per heavy atom. The number of imide groups is 1. The van der Waals surface area contributed by atoms with Gasteiger partial charge >= 0.3 is 6.03 Å². The summed E-state index contributed by atoms with van der Waals surface area (Å²) >= 11 is 0. The molecule has 0 aromatic carbocycles. The number of primary amides is 1. The number of nitrogens with zero attached hydrogens (tertiary/aromatic N) is 2. The van der Waals surface area contributed by atoms with Gasteiger partial charge in [-0.3, -0.25) is 14.7 Å². The van der Waals surface area contributed by atoms with Gasteiger partial charge in [0, 0.05) is 17.5 Å². The van der Waals surface area contributed by atoms with E-state index in [1.54, 1.807) is 34.6 Å². The van der Waals surface area contributed by atoms with Gasteiger partial charge < -0.3 is 11.5 Å². The number of allylic oxidation sites excluding steroid dienone is 1. The van der Waals surface area contributed by atoms with E-state index in [4.69, 9.17) is 11.5 Å². The molecule has 0 bridgehead atoms. The molecule has 0 heterocycles. The maximum atomic E-state index is 12.1. The Bertz CT molecular complexity index is 373. The van der Waals surface area contributed by atoms with E-state index in [9.17, 15) is 9.59 Å². The lowest BCUT2D eigenvalue weighted by atomic mass is 10.1. The Morgan fingerprint density at radius 3 is 1.94 bits per heavy atom. The second kappa shape index (κ2) is 5.47. The van der Waals surface area contributed by atoms with E-state index in [-0.39, 0.29) is 11.4 Å². The number of amides is 3. The summed E-state index contributed by atoms with van der Waals surface area (Å²) in [6.07, 6.45) is 1.44. The highest BCUT2D eigenvalue weighted by molar-refractivity contribution is 6.04. The highest BCUT2D eigenvalue weighted by Gasteiger charge is 2.33. The first-order chi connectivity index (χ1) is 7.62. The zero-order valence-corrected chi connectivity index (χ0v) is 10.9. The third kappa shape index (κ3) is 3.90. The van der Waals surface area contributed by atoms with Gasteiger partial charge in [-0.05, 0) is 34.6 Å². The predicted octanol–water partition coefficient (Wildman–Crippen LogP) is 0.973. The molecule has 0 radical (unpaired) electrons. The van der Waals surface area contributed by atoms with Crippen LogP contribution in [-0.4, -0.2) is 28.6 Å². The molecular formula is C11H20N4O2. The van der Waals surface area contributed by atoms with E-state index in [1.807, 2.05) is 0 Å². The average molecular weight is 240 g/mol. The lowest BCUT2D eigenvalue weighted by Gasteiger charge is -2.32. The minimum Gasteiger partial charge on any atom is -0.400 e. The number of urea groups is 1. The summed E-state index contributed by atoms with van der Waals surface area (Å²) in [5.74, 6) is -0.594. The third-order valence-corrected chi connectivity index (χ3v) is 1.93. The maximum absolute atomic E-state index is 12.1. The van der Waals surface area contributed by atoms with Crippen LogP contribution >= 0.6 is 0 Å². The normalized spacial score (nSPS) is 13.5. The van der Waals surface area contributed by atoms with E-state index >= 15 is 0 Å². The van der Waals surface area contributed by atoms with Crippen LogP contribution in [0, 0.1) is 0 Å². The number of aliphatic imine (C=N–C) groups is 1. The number of rotatable bonds is 2. The predicted molar refractivity (Wildman–Crippen MR) is 67.2 cm³/mol. The molecule has 0 rings (SSSR count). The van der Waals surface area contributed by atoms with Crippen LogP contribution in [0.25, 0.3) is 0 Å². The summed E-state index contributed by atoms with van der Waals surface area (Å²) in [6.45, 7) is 8.31. The summed E-state index contributed by atoms with van der Waals surface area (Å²) in [6, 6.07) is -0.826. The number of hydrogen-bond donors (Lipinski definition) is 2. The van der Waals surface area contributed by atoms with Crippen molar-refractivity contribution in [2.45, 2.75) is 40.2 Å². The molecule has 0 unspecified atom stereocenters. The lowest BCUT2D eigenvalue weighted by Crippen LogP contribution is -2.52. The van der Waals surface area contributed by atoms with Crippen molar-refractivity contribution < 1.29 is 9.59 Å². The zero-order valence-electron chi connectivity index (χ0n) is 10.9. The van der Waals surface area contributed by atoms with Crippen LogP contribution in [0.5, 0.6) is 0 Å². The van der Waals surface area contributed by atoms with Crippen molar-refractivity contribution in [3.8, 4) is 0 Å². The quantitative estimate of drug-likeness (QED) is 0.555. The number of nitrogens with two attached hydrogens (primary N) is 2. The van der Waals surface area contributed by atoms with Gasteiger partial charge in [-0.25, -0.2) is 4.79 Å². The highest BCUT2D eigenvalue weighted by atomic mass is 16.2. The third-order valence-electron chi connectivity index (χ3n) is 1.93. The Labute approximate surface area is 101 Å². The molecule has 4 N–H and O–H groups in total. The first-order valence-electron chi connectivity index (χ1n) is 5.22. The van der Waals surface area contributed by atoms with Gasteiger partial charge in [-0.2, -0.15) is 0 Å². The average Bonchev–Trinajstić information content (AvgIpc) is 2.09. The molecule has 0 saturated carbocycles. The van der Waals surface area contributed by atoms with Crippen molar-refractivity contribution in [3.63, 3.8) is 0 Å². The van der Waals surface area contributed by atoms with Gasteiger partial charge in [0.05, 0.1) is 0 Å². The fraction of sp³-hybridized carbons (Fsp3) is 0.545. The van der Waals surface area contributed by atoms with Gasteiger partial charge in [0.25, 0.3) is 5.91 Å². The molecule has 96 valence electrons. The van der Waals surface area contributed by atoms with Crippen molar-refractivity contribution >= 4 is 18.2 Å². The molecule has 6 nitrogen and oxygen atoms in total. The van der Waals surface area contributed by atoms with Gasteiger partial charge in [-0.1, -0.05) is 0 Å². The Kier molecular flexibility index (Phi) is 4.87. The van der Waals surface area contributed by atoms with Crippen molar-refractivity contribution in [1.82, 2.24) is 4.90 Å². The van der Waals surface area contributed by atoms with Gasteiger partial charge in [0.1, 0.15) is 5.70 Å². The topological polar surface area (TPSA) is 102 Å². The van der Waals surface area contributed by atoms with Gasteiger partial charge in [-0.15, -0.1) is 0 Å². The van der Waals surface area contributed by atoms with Crippen LogP contribution in [0.4, 0.5) is 4.79 Å². The zero-order chi connectivity index (χ0) is 13.8. The van der Waals surface area contributed by atoms with Crippen molar-refractivity contribution in [2.75, 3.05) is 0 Å². The summed E-state index contributed by atoms with van der Waals surface area (Å²) in [5.41, 5.74) is 10.3. The smallest absolute Gasteiger partial charge is 0.322 e. The second-order valence-corrected chi connectivity index (χ2v) is 4.57. The molecule has 17 heavy (non-hydrogen) atoms. The van der Waals surface area contributed by atoms with Gasteiger partial charge in [0.2, 0.25) is 0 Å². The fourth-order valence-corrected chi connectivity index (χ4v) is 1.30. The second-order valence-electron chi connectivity index (χ2n) is 4.57. The SMILES string of the molecule is C/C=N\C(C(=O)N(C(N)=O)C(C)(C)C)=C(\C)N. The molecule has 0 aliphatic carbocycles. The molecule has 0 aliphatic heterocycles. The number of carbonyl (C=O) groups excluding carboxylic acids is 2. The van der Waals surface area contributed by atoms with Crippen molar-refractivity contribution in [3.05, 3.63) is 11.4 Å². The van der Waals surface area contributed by atoms with Gasteiger partial charge in [0.15, 0.2) is 0 Å². The van der Waals surface area contributed by atoms with Crippen LogP contribution in [-0.2, 0) is 4.79 Å². The summed E-state index contributed by atoms with van der Waals surface area (Å²) in [7, 11) is 0. The molecule has 0 aliphatic rings. The van der Waals surface area contributed by atoms with E-state index < -0.39 is 17.5 Å². The maximum Gasteiger partial charge on any atom is 0.322 e. The van der Waals surface area contributed by atoms with Crippen LogP contribution in [0.3, 0.4) is 0 Å². The van der Waals surface area contributed by atoms with Crippen LogP contribution in [0.2, 0.25) is 0 Å². The largest absolute Gasteiger partial charge is 0.400 e. The Hall–Kier alpha value is -1.85. The van der Waals surface area contributed by atoms with E-state index in [2.05, 4.69) is 4.99 Å².